The van der Waals surface area contributed by atoms with Crippen molar-refractivity contribution < 1.29 is 13.2 Å². The minimum atomic E-state index is -3.52. The van der Waals surface area contributed by atoms with E-state index in [4.69, 9.17) is 0 Å². The maximum Gasteiger partial charge on any atom is 0.257 e. The van der Waals surface area contributed by atoms with Crippen LogP contribution >= 0.6 is 34.4 Å². The van der Waals surface area contributed by atoms with Gasteiger partial charge in [0.15, 0.2) is 9.47 Å². The number of carbonyl (C=O) groups excluding carboxylic acids is 1. The molecule has 4 aromatic rings. The van der Waals surface area contributed by atoms with Gasteiger partial charge in [-0.25, -0.2) is 18.4 Å². The fourth-order valence-corrected chi connectivity index (χ4v) is 7.87. The maximum atomic E-state index is 12.8. The van der Waals surface area contributed by atoms with Gasteiger partial charge in [-0.2, -0.15) is 4.31 Å². The van der Waals surface area contributed by atoms with Gasteiger partial charge < -0.3 is 0 Å². The van der Waals surface area contributed by atoms with E-state index >= 15 is 0 Å². The minimum Gasteiger partial charge on any atom is -0.298 e. The number of aromatic nitrogens is 2. The number of nitrogens with zero attached hydrogens (tertiary/aromatic N) is 3. The molecule has 0 atom stereocenters. The zero-order valence-electron chi connectivity index (χ0n) is 17.2. The summed E-state index contributed by atoms with van der Waals surface area (Å²) < 4.78 is 30.2. The SMILES string of the molecule is CSc1nc2ccc3nc(NC(=O)c4ccc(S(=O)(=O)N5CCCCC5)cc4)sc3c2s1. The van der Waals surface area contributed by atoms with Crippen molar-refractivity contribution in [2.24, 2.45) is 0 Å². The van der Waals surface area contributed by atoms with Crippen molar-refractivity contribution >= 4 is 75.9 Å². The predicted octanol–water partition coefficient (Wildman–Crippen LogP) is 5.05. The average Bonchev–Trinajstić information content (AvgIpc) is 3.43. The van der Waals surface area contributed by atoms with Crippen molar-refractivity contribution in [1.29, 1.82) is 0 Å². The van der Waals surface area contributed by atoms with E-state index < -0.39 is 10.0 Å². The number of amides is 1. The Labute approximate surface area is 197 Å². The molecule has 2 aromatic heterocycles. The Morgan fingerprint density at radius 2 is 1.62 bits per heavy atom. The number of rotatable bonds is 5. The highest BCUT2D eigenvalue weighted by Gasteiger charge is 2.26. The summed E-state index contributed by atoms with van der Waals surface area (Å²) in [5.41, 5.74) is 2.13. The summed E-state index contributed by atoms with van der Waals surface area (Å²) in [5, 5.41) is 3.34. The number of anilines is 1. The number of fused-ring (bicyclic) bond motifs is 3. The van der Waals surface area contributed by atoms with Crippen LogP contribution in [0.1, 0.15) is 29.6 Å². The molecule has 0 aliphatic carbocycles. The molecule has 3 heterocycles. The first-order chi connectivity index (χ1) is 15.5. The van der Waals surface area contributed by atoms with Crippen LogP contribution in [0.3, 0.4) is 0 Å². The highest BCUT2D eigenvalue weighted by molar-refractivity contribution is 8.00. The number of thiazole rings is 2. The van der Waals surface area contributed by atoms with Gasteiger partial charge >= 0.3 is 0 Å². The normalized spacial score (nSPS) is 15.4. The van der Waals surface area contributed by atoms with E-state index in [0.717, 1.165) is 44.0 Å². The third kappa shape index (κ3) is 4.03. The zero-order chi connectivity index (χ0) is 22.3. The van der Waals surface area contributed by atoms with Gasteiger partial charge in [-0.1, -0.05) is 29.5 Å². The first-order valence-electron chi connectivity index (χ1n) is 10.1. The van der Waals surface area contributed by atoms with Crippen molar-refractivity contribution in [2.45, 2.75) is 28.5 Å². The number of piperidine rings is 1. The highest BCUT2D eigenvalue weighted by Crippen LogP contribution is 2.38. The van der Waals surface area contributed by atoms with Crippen LogP contribution in [0, 0.1) is 0 Å². The molecule has 1 amide bonds. The lowest BCUT2D eigenvalue weighted by Crippen LogP contribution is -2.35. The quantitative estimate of drug-likeness (QED) is 0.382. The van der Waals surface area contributed by atoms with Crippen LogP contribution in [0.15, 0.2) is 45.6 Å². The monoisotopic (exact) mass is 504 g/mol. The lowest BCUT2D eigenvalue weighted by molar-refractivity contribution is 0.102. The molecule has 32 heavy (non-hydrogen) atoms. The Morgan fingerprint density at radius 3 is 2.31 bits per heavy atom. The zero-order valence-corrected chi connectivity index (χ0v) is 20.5. The number of nitrogens with one attached hydrogen (secondary N) is 1. The second kappa shape index (κ2) is 8.71. The summed E-state index contributed by atoms with van der Waals surface area (Å²) in [6, 6.07) is 9.95. The van der Waals surface area contributed by atoms with Gasteiger partial charge in [-0.3, -0.25) is 10.1 Å². The Hall–Kier alpha value is -2.05. The van der Waals surface area contributed by atoms with E-state index in [9.17, 15) is 13.2 Å². The molecular formula is C21H20N4O3S4. The van der Waals surface area contributed by atoms with Gasteiger partial charge in [0, 0.05) is 18.7 Å². The van der Waals surface area contributed by atoms with Crippen LogP contribution in [0.5, 0.6) is 0 Å². The topological polar surface area (TPSA) is 92.3 Å². The number of sulfonamides is 1. The van der Waals surface area contributed by atoms with Crippen LogP contribution in [0.25, 0.3) is 20.4 Å². The van der Waals surface area contributed by atoms with Gasteiger partial charge in [0.25, 0.3) is 5.91 Å². The predicted molar refractivity (Wildman–Crippen MR) is 132 cm³/mol. The molecule has 2 aromatic carbocycles. The summed E-state index contributed by atoms with van der Waals surface area (Å²) in [5.74, 6) is -0.323. The van der Waals surface area contributed by atoms with Crippen LogP contribution in [-0.2, 0) is 10.0 Å². The Balaban J connectivity index is 1.36. The number of hydrogen-bond acceptors (Lipinski definition) is 8. The summed E-state index contributed by atoms with van der Waals surface area (Å²) in [6.45, 7) is 1.10. The first kappa shape index (κ1) is 21.8. The maximum absolute atomic E-state index is 12.8. The van der Waals surface area contributed by atoms with Gasteiger partial charge in [-0.15, -0.1) is 11.3 Å². The minimum absolute atomic E-state index is 0.216. The molecule has 1 saturated heterocycles. The Kier molecular flexibility index (Phi) is 5.93. The number of thioether (sulfide) groups is 1. The van der Waals surface area contributed by atoms with E-state index in [2.05, 4.69) is 15.3 Å². The lowest BCUT2D eigenvalue weighted by atomic mass is 10.2. The first-order valence-corrected chi connectivity index (χ1v) is 14.4. The fraction of sp³-hybridized carbons (Fsp3) is 0.286. The largest absolute Gasteiger partial charge is 0.298 e. The lowest BCUT2D eigenvalue weighted by Gasteiger charge is -2.25. The third-order valence-electron chi connectivity index (χ3n) is 5.36. The highest BCUT2D eigenvalue weighted by atomic mass is 32.2. The molecule has 0 spiro atoms. The van der Waals surface area contributed by atoms with Crippen LogP contribution in [0.2, 0.25) is 0 Å². The van der Waals surface area contributed by atoms with E-state index in [-0.39, 0.29) is 10.8 Å². The molecule has 1 aliphatic heterocycles. The summed E-state index contributed by atoms with van der Waals surface area (Å²) in [6.07, 6.45) is 4.82. The van der Waals surface area contributed by atoms with Crippen molar-refractivity contribution in [3.63, 3.8) is 0 Å². The second-order valence-electron chi connectivity index (χ2n) is 7.41. The van der Waals surface area contributed by atoms with Gasteiger partial charge in [0.2, 0.25) is 10.0 Å². The van der Waals surface area contributed by atoms with E-state index in [1.807, 2.05) is 18.4 Å². The van der Waals surface area contributed by atoms with Gasteiger partial charge in [-0.05, 0) is 55.5 Å². The van der Waals surface area contributed by atoms with Crippen LogP contribution in [-0.4, -0.2) is 47.9 Å². The van der Waals surface area contributed by atoms with E-state index in [1.165, 1.54) is 27.8 Å². The van der Waals surface area contributed by atoms with Crippen molar-refractivity contribution in [2.75, 3.05) is 24.7 Å². The molecule has 1 aliphatic rings. The molecular weight excluding hydrogens is 485 g/mol. The van der Waals surface area contributed by atoms with Crippen molar-refractivity contribution in [3.05, 3.63) is 42.0 Å². The summed E-state index contributed by atoms with van der Waals surface area (Å²) >= 11 is 4.64. The van der Waals surface area contributed by atoms with Crippen molar-refractivity contribution in [3.8, 4) is 0 Å². The number of benzene rings is 2. The molecule has 0 saturated carbocycles. The van der Waals surface area contributed by atoms with Gasteiger partial charge in [0.1, 0.15) is 0 Å². The van der Waals surface area contributed by atoms with E-state index in [0.29, 0.717) is 23.8 Å². The molecule has 0 radical (unpaired) electrons. The van der Waals surface area contributed by atoms with Crippen molar-refractivity contribution in [1.82, 2.24) is 14.3 Å². The fourth-order valence-electron chi connectivity index (χ4n) is 3.70. The molecule has 1 fully saturated rings. The molecule has 11 heteroatoms. The summed E-state index contributed by atoms with van der Waals surface area (Å²) in [4.78, 5) is 22.1. The molecule has 1 N–H and O–H groups in total. The molecule has 166 valence electrons. The Bertz CT molecular complexity index is 1400. The van der Waals surface area contributed by atoms with Crippen LogP contribution in [0.4, 0.5) is 5.13 Å². The second-order valence-corrected chi connectivity index (χ2v) is 12.4. The third-order valence-corrected chi connectivity index (χ3v) is 10.5. The average molecular weight is 505 g/mol. The Morgan fingerprint density at radius 1 is 0.969 bits per heavy atom. The number of hydrogen-bond donors (Lipinski definition) is 1. The number of carbonyl (C=O) groups is 1. The van der Waals surface area contributed by atoms with Crippen LogP contribution < -0.4 is 5.32 Å². The van der Waals surface area contributed by atoms with Gasteiger partial charge in [0.05, 0.1) is 25.3 Å². The molecule has 0 unspecified atom stereocenters. The van der Waals surface area contributed by atoms with E-state index in [1.54, 1.807) is 35.2 Å². The standard InChI is InChI=1S/C21H20N4O3S4/c1-29-21-23-16-10-9-15-17(18(16)31-21)30-20(22-15)24-19(26)13-5-7-14(8-6-13)32(27,28)25-11-3-2-4-12-25/h5-10H,2-4,11-12H2,1H3,(H,22,24,26). The molecule has 5 rings (SSSR count). The molecule has 7 nitrogen and oxygen atoms in total. The summed E-state index contributed by atoms with van der Waals surface area (Å²) in [7, 11) is -3.52. The molecule has 0 bridgehead atoms. The smallest absolute Gasteiger partial charge is 0.257 e.